The van der Waals surface area contributed by atoms with Crippen molar-refractivity contribution < 1.29 is 0 Å². The van der Waals surface area contributed by atoms with Crippen LogP contribution < -0.4 is 11.1 Å². The Labute approximate surface area is 73.8 Å². The highest BCUT2D eigenvalue weighted by Gasteiger charge is 1.98. The highest BCUT2D eigenvalue weighted by molar-refractivity contribution is 5.28. The first-order valence-electron chi connectivity index (χ1n) is 4.24. The van der Waals surface area contributed by atoms with E-state index >= 15 is 0 Å². The van der Waals surface area contributed by atoms with Crippen LogP contribution in [0.5, 0.6) is 0 Å². The molecule has 12 heavy (non-hydrogen) atoms. The fourth-order valence-corrected chi connectivity index (χ4v) is 1.16. The summed E-state index contributed by atoms with van der Waals surface area (Å²) < 4.78 is 0. The van der Waals surface area contributed by atoms with Gasteiger partial charge in [-0.1, -0.05) is 19.1 Å². The van der Waals surface area contributed by atoms with E-state index < -0.39 is 0 Å². The Morgan fingerprint density at radius 2 is 2.33 bits per heavy atom. The van der Waals surface area contributed by atoms with Gasteiger partial charge in [-0.3, -0.25) is 0 Å². The largest absolute Gasteiger partial charge is 0.399 e. The predicted molar refractivity (Wildman–Crippen MR) is 52.3 cm³/mol. The molecule has 2 heteroatoms. The molecule has 1 aliphatic rings. The molecule has 0 aliphatic carbocycles. The lowest BCUT2D eigenvalue weighted by Gasteiger charge is -2.02. The molecule has 0 aromatic heterocycles. The van der Waals surface area contributed by atoms with Crippen molar-refractivity contribution in [1.82, 2.24) is 5.32 Å². The van der Waals surface area contributed by atoms with Gasteiger partial charge in [0, 0.05) is 12.2 Å². The highest BCUT2D eigenvalue weighted by atomic mass is 14.8. The molecule has 0 spiro atoms. The van der Waals surface area contributed by atoms with Crippen LogP contribution in [-0.4, -0.2) is 6.54 Å². The zero-order chi connectivity index (χ0) is 8.97. The molecule has 0 bridgehead atoms. The van der Waals surface area contributed by atoms with Crippen LogP contribution in [0.1, 0.15) is 13.8 Å². The second-order valence-electron chi connectivity index (χ2n) is 3.14. The van der Waals surface area contributed by atoms with Crippen LogP contribution in [0.3, 0.4) is 0 Å². The van der Waals surface area contributed by atoms with Crippen LogP contribution >= 0.6 is 0 Å². The molecule has 0 saturated carbocycles. The molecule has 3 N–H and O–H groups in total. The summed E-state index contributed by atoms with van der Waals surface area (Å²) >= 11 is 0. The molecule has 1 unspecified atom stereocenters. The van der Waals surface area contributed by atoms with Crippen LogP contribution in [-0.2, 0) is 0 Å². The van der Waals surface area contributed by atoms with E-state index in [4.69, 9.17) is 5.73 Å². The highest BCUT2D eigenvalue weighted by Crippen LogP contribution is 2.09. The second-order valence-corrected chi connectivity index (χ2v) is 3.14. The lowest BCUT2D eigenvalue weighted by molar-refractivity contribution is 0.902. The van der Waals surface area contributed by atoms with Crippen LogP contribution in [0.2, 0.25) is 0 Å². The Kier molecular flexibility index (Phi) is 2.97. The lowest BCUT2D eigenvalue weighted by Crippen LogP contribution is -2.07. The third-order valence-corrected chi connectivity index (χ3v) is 1.93. The van der Waals surface area contributed by atoms with E-state index in [2.05, 4.69) is 24.4 Å². The van der Waals surface area contributed by atoms with E-state index in [0.29, 0.717) is 5.92 Å². The normalized spacial score (nSPS) is 27.0. The maximum absolute atomic E-state index is 5.80. The van der Waals surface area contributed by atoms with Crippen LogP contribution in [0.15, 0.2) is 35.7 Å². The third-order valence-electron chi connectivity index (χ3n) is 1.93. The molecule has 0 aromatic rings. The van der Waals surface area contributed by atoms with Gasteiger partial charge >= 0.3 is 0 Å². The topological polar surface area (TPSA) is 38.0 Å². The molecule has 1 heterocycles. The SMILES string of the molecule is CC1=CC(C)/C=C\NCC=C1N. The van der Waals surface area contributed by atoms with Gasteiger partial charge < -0.3 is 11.1 Å². The molecule has 2 nitrogen and oxygen atoms in total. The monoisotopic (exact) mass is 164 g/mol. The number of allylic oxidation sites excluding steroid dienone is 3. The number of hydrogen-bond donors (Lipinski definition) is 2. The maximum Gasteiger partial charge on any atom is 0.0348 e. The summed E-state index contributed by atoms with van der Waals surface area (Å²) in [5.74, 6) is 0.447. The van der Waals surface area contributed by atoms with E-state index in [-0.39, 0.29) is 0 Å². The average molecular weight is 164 g/mol. The Morgan fingerprint density at radius 3 is 3.08 bits per heavy atom. The molecule has 1 aliphatic heterocycles. The van der Waals surface area contributed by atoms with E-state index in [1.54, 1.807) is 0 Å². The molecule has 0 amide bonds. The number of hydrogen-bond acceptors (Lipinski definition) is 2. The Bertz CT molecular complexity index is 236. The van der Waals surface area contributed by atoms with Crippen molar-refractivity contribution in [3.8, 4) is 0 Å². The molecule has 0 aromatic carbocycles. The lowest BCUT2D eigenvalue weighted by atomic mass is 10.1. The molecular weight excluding hydrogens is 148 g/mol. The summed E-state index contributed by atoms with van der Waals surface area (Å²) in [5, 5.41) is 3.14. The first kappa shape index (κ1) is 8.91. The molecule has 1 rings (SSSR count). The van der Waals surface area contributed by atoms with Crippen molar-refractivity contribution in [2.75, 3.05) is 6.54 Å². The second kappa shape index (κ2) is 4.00. The van der Waals surface area contributed by atoms with E-state index in [1.807, 2.05) is 19.2 Å². The predicted octanol–water partition coefficient (Wildman–Crippen LogP) is 1.53. The summed E-state index contributed by atoms with van der Waals surface area (Å²) in [7, 11) is 0. The smallest absolute Gasteiger partial charge is 0.0348 e. The Balaban J connectivity index is 2.84. The van der Waals surface area contributed by atoms with Gasteiger partial charge in [0.25, 0.3) is 0 Å². The van der Waals surface area contributed by atoms with Crippen molar-refractivity contribution in [2.24, 2.45) is 11.7 Å². The van der Waals surface area contributed by atoms with Crippen molar-refractivity contribution >= 4 is 0 Å². The van der Waals surface area contributed by atoms with Gasteiger partial charge in [0.15, 0.2) is 0 Å². The molecule has 0 saturated heterocycles. The summed E-state index contributed by atoms with van der Waals surface area (Å²) in [5.41, 5.74) is 7.84. The van der Waals surface area contributed by atoms with Crippen molar-refractivity contribution in [1.29, 1.82) is 0 Å². The van der Waals surface area contributed by atoms with Gasteiger partial charge in [-0.05, 0) is 30.7 Å². The minimum Gasteiger partial charge on any atom is -0.399 e. The fourth-order valence-electron chi connectivity index (χ4n) is 1.16. The molecular formula is C10H16N2. The fraction of sp³-hybridized carbons (Fsp3) is 0.400. The zero-order valence-electron chi connectivity index (χ0n) is 7.67. The molecule has 0 radical (unpaired) electrons. The Hall–Kier alpha value is -1.18. The van der Waals surface area contributed by atoms with Gasteiger partial charge in [-0.25, -0.2) is 0 Å². The number of nitrogens with one attached hydrogen (secondary N) is 1. The summed E-state index contributed by atoms with van der Waals surface area (Å²) in [6, 6.07) is 0. The average Bonchev–Trinajstić information content (AvgIpc) is 2.07. The first-order valence-corrected chi connectivity index (χ1v) is 4.24. The Morgan fingerprint density at radius 1 is 1.58 bits per heavy atom. The van der Waals surface area contributed by atoms with Gasteiger partial charge in [0.1, 0.15) is 0 Å². The van der Waals surface area contributed by atoms with Crippen LogP contribution in [0, 0.1) is 5.92 Å². The van der Waals surface area contributed by atoms with E-state index in [0.717, 1.165) is 17.8 Å². The van der Waals surface area contributed by atoms with Crippen molar-refractivity contribution in [3.05, 3.63) is 35.7 Å². The summed E-state index contributed by atoms with van der Waals surface area (Å²) in [6.45, 7) is 4.99. The zero-order valence-corrected chi connectivity index (χ0v) is 7.67. The number of rotatable bonds is 0. The van der Waals surface area contributed by atoms with E-state index in [9.17, 15) is 0 Å². The van der Waals surface area contributed by atoms with Crippen LogP contribution in [0.25, 0.3) is 0 Å². The van der Waals surface area contributed by atoms with Gasteiger partial charge in [-0.15, -0.1) is 0 Å². The van der Waals surface area contributed by atoms with Gasteiger partial charge in [0.05, 0.1) is 0 Å². The number of nitrogens with two attached hydrogens (primary N) is 1. The van der Waals surface area contributed by atoms with E-state index in [1.165, 1.54) is 0 Å². The maximum atomic E-state index is 5.80. The first-order chi connectivity index (χ1) is 5.70. The standard InChI is InChI=1S/C10H16N2/c1-8-3-5-12-6-4-10(11)9(2)7-8/h3-5,7-8,12H,6,11H2,1-2H3/b5-3-,9-7?,10-4?. The summed E-state index contributed by atoms with van der Waals surface area (Å²) in [6.07, 6.45) is 8.25. The van der Waals surface area contributed by atoms with Crippen molar-refractivity contribution in [2.45, 2.75) is 13.8 Å². The molecule has 0 fully saturated rings. The molecule has 1 atom stereocenters. The van der Waals surface area contributed by atoms with Crippen LogP contribution in [0.4, 0.5) is 0 Å². The minimum atomic E-state index is 0.447. The van der Waals surface area contributed by atoms with Gasteiger partial charge in [-0.2, -0.15) is 0 Å². The quantitative estimate of drug-likeness (QED) is 0.570. The van der Waals surface area contributed by atoms with Gasteiger partial charge in [0.2, 0.25) is 0 Å². The minimum absolute atomic E-state index is 0.447. The third kappa shape index (κ3) is 2.46. The molecule has 66 valence electrons. The van der Waals surface area contributed by atoms with Crippen molar-refractivity contribution in [3.63, 3.8) is 0 Å². The summed E-state index contributed by atoms with van der Waals surface area (Å²) in [4.78, 5) is 0.